The summed E-state index contributed by atoms with van der Waals surface area (Å²) in [4.78, 5) is 12.1. The highest BCUT2D eigenvalue weighted by atomic mass is 79.9. The largest absolute Gasteiger partial charge is 0.321 e. The van der Waals surface area contributed by atoms with Gasteiger partial charge in [0.15, 0.2) is 0 Å². The molecule has 19 heavy (non-hydrogen) atoms. The Bertz CT molecular complexity index is 657. The highest BCUT2D eigenvalue weighted by Gasteiger charge is 2.09. The smallest absolute Gasteiger partial charge is 0.255 e. The van der Waals surface area contributed by atoms with Crippen LogP contribution in [-0.4, -0.2) is 5.91 Å². The molecule has 0 aromatic heterocycles. The van der Waals surface area contributed by atoms with Crippen molar-refractivity contribution < 1.29 is 4.79 Å². The molecule has 0 heterocycles. The lowest BCUT2D eigenvalue weighted by Crippen LogP contribution is -2.12. The van der Waals surface area contributed by atoms with Gasteiger partial charge in [0, 0.05) is 10.0 Å². The molecular formula is C15H11BrN2O. The van der Waals surface area contributed by atoms with Crippen molar-refractivity contribution in [2.45, 2.75) is 6.92 Å². The van der Waals surface area contributed by atoms with Gasteiger partial charge in [0.2, 0.25) is 0 Å². The van der Waals surface area contributed by atoms with Crippen LogP contribution in [0.5, 0.6) is 0 Å². The van der Waals surface area contributed by atoms with Gasteiger partial charge in [0.1, 0.15) is 0 Å². The van der Waals surface area contributed by atoms with E-state index in [-0.39, 0.29) is 5.91 Å². The number of rotatable bonds is 2. The summed E-state index contributed by atoms with van der Waals surface area (Å²) in [5.41, 5.74) is 2.84. The van der Waals surface area contributed by atoms with Crippen LogP contribution in [-0.2, 0) is 0 Å². The molecule has 0 unspecified atom stereocenters. The average Bonchev–Trinajstić information content (AvgIpc) is 2.44. The van der Waals surface area contributed by atoms with Gasteiger partial charge in [-0.1, -0.05) is 12.1 Å². The van der Waals surface area contributed by atoms with Gasteiger partial charge in [0.25, 0.3) is 5.91 Å². The minimum Gasteiger partial charge on any atom is -0.321 e. The predicted molar refractivity (Wildman–Crippen MR) is 78.0 cm³/mol. The Kier molecular flexibility index (Phi) is 3.98. The summed E-state index contributed by atoms with van der Waals surface area (Å²) >= 11 is 3.45. The average molecular weight is 315 g/mol. The third kappa shape index (κ3) is 3.01. The Morgan fingerprint density at radius 3 is 2.53 bits per heavy atom. The van der Waals surface area contributed by atoms with E-state index in [0.717, 1.165) is 15.7 Å². The minimum atomic E-state index is -0.198. The number of nitrogens with zero attached hydrogens (tertiary/aromatic N) is 1. The topological polar surface area (TPSA) is 52.9 Å². The standard InChI is InChI=1S/C15H11BrN2O/c1-10-3-2-4-13(14(10)16)18-15(19)12-7-5-11(9-17)6-8-12/h2-8H,1H3,(H,18,19). The summed E-state index contributed by atoms with van der Waals surface area (Å²) in [6.07, 6.45) is 0. The van der Waals surface area contributed by atoms with E-state index in [1.807, 2.05) is 31.2 Å². The van der Waals surface area contributed by atoms with Crippen LogP contribution in [0.15, 0.2) is 46.9 Å². The van der Waals surface area contributed by atoms with Crippen LogP contribution < -0.4 is 5.32 Å². The Morgan fingerprint density at radius 2 is 1.89 bits per heavy atom. The summed E-state index contributed by atoms with van der Waals surface area (Å²) in [5.74, 6) is -0.198. The van der Waals surface area contributed by atoms with E-state index in [4.69, 9.17) is 5.26 Å². The zero-order chi connectivity index (χ0) is 13.8. The number of nitrogens with one attached hydrogen (secondary N) is 1. The fourth-order valence-electron chi connectivity index (χ4n) is 1.63. The van der Waals surface area contributed by atoms with Gasteiger partial charge in [-0.2, -0.15) is 5.26 Å². The first-order valence-electron chi connectivity index (χ1n) is 5.68. The molecule has 0 spiro atoms. The summed E-state index contributed by atoms with van der Waals surface area (Å²) in [7, 11) is 0. The molecule has 1 amide bonds. The van der Waals surface area contributed by atoms with Crippen LogP contribution in [0.25, 0.3) is 0 Å². The van der Waals surface area contributed by atoms with Gasteiger partial charge in [-0.3, -0.25) is 4.79 Å². The third-order valence-electron chi connectivity index (χ3n) is 2.72. The number of nitriles is 1. The first-order valence-corrected chi connectivity index (χ1v) is 6.48. The summed E-state index contributed by atoms with van der Waals surface area (Å²) < 4.78 is 0.872. The predicted octanol–water partition coefficient (Wildman–Crippen LogP) is 3.88. The number of hydrogen-bond donors (Lipinski definition) is 1. The second-order valence-electron chi connectivity index (χ2n) is 4.08. The van der Waals surface area contributed by atoms with Crippen LogP contribution in [0.3, 0.4) is 0 Å². The molecule has 0 aliphatic carbocycles. The molecule has 0 aliphatic heterocycles. The van der Waals surface area contributed by atoms with E-state index in [1.54, 1.807) is 24.3 Å². The van der Waals surface area contributed by atoms with E-state index < -0.39 is 0 Å². The normalized spacial score (nSPS) is 9.74. The number of carbonyl (C=O) groups is 1. The molecule has 0 saturated heterocycles. The Labute approximate surface area is 120 Å². The quantitative estimate of drug-likeness (QED) is 0.914. The lowest BCUT2D eigenvalue weighted by atomic mass is 10.1. The van der Waals surface area contributed by atoms with Gasteiger partial charge in [0.05, 0.1) is 17.3 Å². The molecule has 0 aliphatic rings. The summed E-state index contributed by atoms with van der Waals surface area (Å²) in [5, 5.41) is 11.5. The molecular weight excluding hydrogens is 304 g/mol. The van der Waals surface area contributed by atoms with Crippen LogP contribution >= 0.6 is 15.9 Å². The molecule has 2 aromatic rings. The van der Waals surface area contributed by atoms with Gasteiger partial charge in [-0.05, 0) is 58.7 Å². The zero-order valence-corrected chi connectivity index (χ0v) is 11.9. The molecule has 3 nitrogen and oxygen atoms in total. The third-order valence-corrected chi connectivity index (χ3v) is 3.77. The Hall–Kier alpha value is -2.12. The molecule has 0 atom stereocenters. The first-order chi connectivity index (χ1) is 9.11. The molecule has 94 valence electrons. The van der Waals surface area contributed by atoms with Crippen LogP contribution in [0.1, 0.15) is 21.5 Å². The molecule has 2 aromatic carbocycles. The molecule has 2 rings (SSSR count). The molecule has 4 heteroatoms. The number of hydrogen-bond acceptors (Lipinski definition) is 2. The number of benzene rings is 2. The molecule has 0 bridgehead atoms. The number of halogens is 1. The fourth-order valence-corrected chi connectivity index (χ4v) is 2.00. The van der Waals surface area contributed by atoms with E-state index in [2.05, 4.69) is 21.2 Å². The van der Waals surface area contributed by atoms with Crippen molar-refractivity contribution in [2.75, 3.05) is 5.32 Å². The van der Waals surface area contributed by atoms with Crippen molar-refractivity contribution >= 4 is 27.5 Å². The molecule has 0 radical (unpaired) electrons. The highest BCUT2D eigenvalue weighted by molar-refractivity contribution is 9.10. The molecule has 1 N–H and O–H groups in total. The van der Waals surface area contributed by atoms with Crippen molar-refractivity contribution in [3.8, 4) is 6.07 Å². The summed E-state index contributed by atoms with van der Waals surface area (Å²) in [6, 6.07) is 14.2. The van der Waals surface area contributed by atoms with E-state index in [1.165, 1.54) is 0 Å². The van der Waals surface area contributed by atoms with Gasteiger partial charge in [-0.25, -0.2) is 0 Å². The SMILES string of the molecule is Cc1cccc(NC(=O)c2ccc(C#N)cc2)c1Br. The van der Waals surface area contributed by atoms with Gasteiger partial charge < -0.3 is 5.32 Å². The minimum absolute atomic E-state index is 0.198. The van der Waals surface area contributed by atoms with Crippen molar-refractivity contribution in [2.24, 2.45) is 0 Å². The fraction of sp³-hybridized carbons (Fsp3) is 0.0667. The van der Waals surface area contributed by atoms with Crippen molar-refractivity contribution in [3.63, 3.8) is 0 Å². The number of aryl methyl sites for hydroxylation is 1. The maximum Gasteiger partial charge on any atom is 0.255 e. The van der Waals surface area contributed by atoms with Crippen LogP contribution in [0.2, 0.25) is 0 Å². The number of anilines is 1. The lowest BCUT2D eigenvalue weighted by molar-refractivity contribution is 0.102. The maximum absolute atomic E-state index is 12.1. The number of amides is 1. The lowest BCUT2D eigenvalue weighted by Gasteiger charge is -2.09. The van der Waals surface area contributed by atoms with E-state index in [0.29, 0.717) is 11.1 Å². The number of carbonyl (C=O) groups excluding carboxylic acids is 1. The highest BCUT2D eigenvalue weighted by Crippen LogP contribution is 2.26. The van der Waals surface area contributed by atoms with Crippen molar-refractivity contribution in [1.29, 1.82) is 5.26 Å². The molecule has 0 fully saturated rings. The zero-order valence-electron chi connectivity index (χ0n) is 10.3. The van der Waals surface area contributed by atoms with Gasteiger partial charge in [-0.15, -0.1) is 0 Å². The van der Waals surface area contributed by atoms with Crippen LogP contribution in [0, 0.1) is 18.3 Å². The van der Waals surface area contributed by atoms with Crippen LogP contribution in [0.4, 0.5) is 5.69 Å². The maximum atomic E-state index is 12.1. The van der Waals surface area contributed by atoms with E-state index in [9.17, 15) is 4.79 Å². The van der Waals surface area contributed by atoms with Gasteiger partial charge >= 0.3 is 0 Å². The Morgan fingerprint density at radius 1 is 1.21 bits per heavy atom. The second-order valence-corrected chi connectivity index (χ2v) is 4.87. The molecule has 0 saturated carbocycles. The van der Waals surface area contributed by atoms with Crippen molar-refractivity contribution in [1.82, 2.24) is 0 Å². The van der Waals surface area contributed by atoms with Crippen molar-refractivity contribution in [3.05, 3.63) is 63.6 Å². The van der Waals surface area contributed by atoms with E-state index >= 15 is 0 Å². The Balaban J connectivity index is 2.21. The first kappa shape index (κ1) is 13.3. The summed E-state index contributed by atoms with van der Waals surface area (Å²) in [6.45, 7) is 1.96. The second kappa shape index (κ2) is 5.68. The monoisotopic (exact) mass is 314 g/mol.